The van der Waals surface area contributed by atoms with Crippen molar-refractivity contribution in [3.8, 4) is 0 Å². The molecule has 2 nitrogen and oxygen atoms in total. The topological polar surface area (TPSA) is 37.3 Å². The third-order valence-electron chi connectivity index (χ3n) is 2.13. The highest BCUT2D eigenvalue weighted by Gasteiger charge is 2.44. The molecule has 0 atom stereocenters. The van der Waals surface area contributed by atoms with Gasteiger partial charge >= 0.3 is 5.97 Å². The first-order valence-corrected chi connectivity index (χ1v) is 5.07. The Hall–Kier alpha value is -0.180. The molecule has 64 valence electrons. The molecule has 0 heterocycles. The number of carboxylic acids is 1. The summed E-state index contributed by atoms with van der Waals surface area (Å²) >= 11 is 1.62. The molecule has 0 amide bonds. The average molecular weight is 174 g/mol. The van der Waals surface area contributed by atoms with Crippen molar-refractivity contribution in [2.75, 3.05) is 5.75 Å². The standard InChI is InChI=1S/C8H14O2S/c1-2-6-11-8(7(9)10)4-3-5-8/h2-6H2,1H3,(H,9,10). The molecule has 0 aromatic rings. The van der Waals surface area contributed by atoms with Crippen molar-refractivity contribution in [3.63, 3.8) is 0 Å². The summed E-state index contributed by atoms with van der Waals surface area (Å²) in [6.45, 7) is 2.08. The monoisotopic (exact) mass is 174 g/mol. The van der Waals surface area contributed by atoms with Crippen LogP contribution in [0, 0.1) is 0 Å². The molecule has 0 unspecified atom stereocenters. The van der Waals surface area contributed by atoms with Gasteiger partial charge in [-0.3, -0.25) is 4.79 Å². The van der Waals surface area contributed by atoms with Crippen molar-refractivity contribution in [1.29, 1.82) is 0 Å². The maximum Gasteiger partial charge on any atom is 0.319 e. The third kappa shape index (κ3) is 1.70. The molecule has 0 saturated heterocycles. The molecule has 1 rings (SSSR count). The molecule has 1 fully saturated rings. The zero-order valence-electron chi connectivity index (χ0n) is 6.80. The summed E-state index contributed by atoms with van der Waals surface area (Å²) in [5.74, 6) is 0.369. The van der Waals surface area contributed by atoms with Crippen molar-refractivity contribution >= 4 is 17.7 Å². The Labute approximate surface area is 71.4 Å². The van der Waals surface area contributed by atoms with E-state index in [1.807, 2.05) is 0 Å². The molecule has 1 aliphatic rings. The minimum absolute atomic E-state index is 0.393. The van der Waals surface area contributed by atoms with Crippen molar-refractivity contribution in [2.24, 2.45) is 0 Å². The fourth-order valence-electron chi connectivity index (χ4n) is 1.22. The van der Waals surface area contributed by atoms with E-state index in [4.69, 9.17) is 5.11 Å². The summed E-state index contributed by atoms with van der Waals surface area (Å²) in [5.41, 5.74) is 0. The number of carboxylic acid groups (broad SMARTS) is 1. The van der Waals surface area contributed by atoms with Crippen molar-refractivity contribution in [1.82, 2.24) is 0 Å². The van der Waals surface area contributed by atoms with Gasteiger partial charge in [0.1, 0.15) is 4.75 Å². The molecule has 1 N–H and O–H groups in total. The third-order valence-corrected chi connectivity index (χ3v) is 3.88. The summed E-state index contributed by atoms with van der Waals surface area (Å²) < 4.78 is -0.393. The van der Waals surface area contributed by atoms with Gasteiger partial charge in [0, 0.05) is 0 Å². The summed E-state index contributed by atoms with van der Waals surface area (Å²) in [4.78, 5) is 10.8. The van der Waals surface area contributed by atoms with Crippen molar-refractivity contribution in [3.05, 3.63) is 0 Å². The van der Waals surface area contributed by atoms with Gasteiger partial charge in [-0.15, -0.1) is 11.8 Å². The van der Waals surface area contributed by atoms with E-state index in [9.17, 15) is 4.79 Å². The van der Waals surface area contributed by atoms with Crippen LogP contribution >= 0.6 is 11.8 Å². The Morgan fingerprint density at radius 2 is 2.27 bits per heavy atom. The molecule has 1 aliphatic carbocycles. The van der Waals surface area contributed by atoms with Crippen LogP contribution in [0.5, 0.6) is 0 Å². The smallest absolute Gasteiger partial charge is 0.319 e. The largest absolute Gasteiger partial charge is 0.480 e. The lowest BCUT2D eigenvalue weighted by molar-refractivity contribution is -0.142. The molecule has 0 aliphatic heterocycles. The molecule has 0 aromatic carbocycles. The fraction of sp³-hybridized carbons (Fsp3) is 0.875. The van der Waals surface area contributed by atoms with Gasteiger partial charge < -0.3 is 5.11 Å². The first-order chi connectivity index (χ1) is 5.21. The van der Waals surface area contributed by atoms with Gasteiger partial charge in [-0.05, 0) is 31.4 Å². The highest BCUT2D eigenvalue weighted by molar-refractivity contribution is 8.01. The van der Waals surface area contributed by atoms with Crippen molar-refractivity contribution in [2.45, 2.75) is 37.4 Å². The number of hydrogen-bond acceptors (Lipinski definition) is 2. The highest BCUT2D eigenvalue weighted by atomic mass is 32.2. The lowest BCUT2D eigenvalue weighted by atomic mass is 9.84. The van der Waals surface area contributed by atoms with Crippen molar-refractivity contribution < 1.29 is 9.90 Å². The molecule has 3 heteroatoms. The lowest BCUT2D eigenvalue weighted by Gasteiger charge is -2.36. The number of aliphatic carboxylic acids is 1. The van der Waals surface area contributed by atoms with E-state index in [0.29, 0.717) is 0 Å². The Kier molecular flexibility index (Phi) is 2.82. The minimum atomic E-state index is -0.609. The van der Waals surface area contributed by atoms with E-state index in [1.165, 1.54) is 0 Å². The first kappa shape index (κ1) is 8.91. The Bertz CT molecular complexity index is 152. The predicted octanol–water partition coefficient (Wildman–Crippen LogP) is 2.14. The maximum absolute atomic E-state index is 10.8. The summed E-state index contributed by atoms with van der Waals surface area (Å²) in [7, 11) is 0. The predicted molar refractivity (Wildman–Crippen MR) is 47.0 cm³/mol. The van der Waals surface area contributed by atoms with E-state index in [1.54, 1.807) is 11.8 Å². The van der Waals surface area contributed by atoms with E-state index in [0.717, 1.165) is 31.4 Å². The zero-order chi connectivity index (χ0) is 8.32. The molecule has 0 bridgehead atoms. The van der Waals surface area contributed by atoms with E-state index in [-0.39, 0.29) is 0 Å². The Morgan fingerprint density at radius 3 is 2.55 bits per heavy atom. The molecule has 0 spiro atoms. The summed E-state index contributed by atoms with van der Waals surface area (Å²) in [6, 6.07) is 0. The molecular weight excluding hydrogens is 160 g/mol. The van der Waals surface area contributed by atoms with E-state index < -0.39 is 10.7 Å². The van der Waals surface area contributed by atoms with Gasteiger partial charge in [0.25, 0.3) is 0 Å². The second-order valence-electron chi connectivity index (χ2n) is 3.00. The second-order valence-corrected chi connectivity index (χ2v) is 4.48. The minimum Gasteiger partial charge on any atom is -0.480 e. The number of carbonyl (C=O) groups is 1. The molecular formula is C8H14O2S. The van der Waals surface area contributed by atoms with Crippen LogP contribution in [0.4, 0.5) is 0 Å². The number of rotatable bonds is 4. The molecule has 0 radical (unpaired) electrons. The average Bonchev–Trinajstić information content (AvgIpc) is 1.85. The molecule has 1 saturated carbocycles. The van der Waals surface area contributed by atoms with Crippen LogP contribution in [0.15, 0.2) is 0 Å². The Morgan fingerprint density at radius 1 is 1.64 bits per heavy atom. The lowest BCUT2D eigenvalue weighted by Crippen LogP contribution is -2.42. The summed E-state index contributed by atoms with van der Waals surface area (Å²) in [6.07, 6.45) is 3.89. The van der Waals surface area contributed by atoms with Gasteiger partial charge in [0.05, 0.1) is 0 Å². The Balaban J connectivity index is 2.40. The maximum atomic E-state index is 10.8. The zero-order valence-corrected chi connectivity index (χ0v) is 7.62. The van der Waals surface area contributed by atoms with Gasteiger partial charge in [-0.25, -0.2) is 0 Å². The van der Waals surface area contributed by atoms with Gasteiger partial charge in [0.15, 0.2) is 0 Å². The summed E-state index contributed by atoms with van der Waals surface area (Å²) in [5, 5.41) is 8.89. The van der Waals surface area contributed by atoms with Crippen LogP contribution < -0.4 is 0 Å². The van der Waals surface area contributed by atoms with Crippen LogP contribution in [-0.2, 0) is 4.79 Å². The molecule has 0 aromatic heterocycles. The second kappa shape index (κ2) is 3.48. The van der Waals surface area contributed by atoms with E-state index in [2.05, 4.69) is 6.92 Å². The quantitative estimate of drug-likeness (QED) is 0.709. The SMILES string of the molecule is CCCSC1(C(=O)O)CCC1. The van der Waals surface area contributed by atoms with Crippen LogP contribution in [0.3, 0.4) is 0 Å². The van der Waals surface area contributed by atoms with Crippen LogP contribution in [-0.4, -0.2) is 21.6 Å². The van der Waals surface area contributed by atoms with Gasteiger partial charge in [-0.2, -0.15) is 0 Å². The van der Waals surface area contributed by atoms with Gasteiger partial charge in [-0.1, -0.05) is 6.92 Å². The normalized spacial score (nSPS) is 20.8. The van der Waals surface area contributed by atoms with Gasteiger partial charge in [0.2, 0.25) is 0 Å². The fourth-order valence-corrected chi connectivity index (χ4v) is 2.51. The highest BCUT2D eigenvalue weighted by Crippen LogP contribution is 2.44. The number of thioether (sulfide) groups is 1. The van der Waals surface area contributed by atoms with Crippen LogP contribution in [0.2, 0.25) is 0 Å². The first-order valence-electron chi connectivity index (χ1n) is 4.08. The van der Waals surface area contributed by atoms with Crippen LogP contribution in [0.25, 0.3) is 0 Å². The number of hydrogen-bond donors (Lipinski definition) is 1. The molecule has 11 heavy (non-hydrogen) atoms. The van der Waals surface area contributed by atoms with Crippen LogP contribution in [0.1, 0.15) is 32.6 Å². The van der Waals surface area contributed by atoms with E-state index >= 15 is 0 Å².